The predicted molar refractivity (Wildman–Crippen MR) is 112 cm³/mol. The van der Waals surface area contributed by atoms with Crippen LogP contribution in [-0.2, 0) is 33.3 Å². The fourth-order valence-electron chi connectivity index (χ4n) is 4.99. The first kappa shape index (κ1) is 21.8. The molecule has 2 saturated heterocycles. The molecule has 0 amide bonds. The molecule has 0 aromatic carbocycles. The van der Waals surface area contributed by atoms with Crippen LogP contribution in [0.3, 0.4) is 0 Å². The van der Waals surface area contributed by atoms with E-state index in [9.17, 15) is 14.4 Å². The van der Waals surface area contributed by atoms with Gasteiger partial charge in [-0.3, -0.25) is 19.5 Å². The van der Waals surface area contributed by atoms with Crippen molar-refractivity contribution in [1.29, 1.82) is 0 Å². The summed E-state index contributed by atoms with van der Waals surface area (Å²) in [6.45, 7) is 2.47. The molecule has 0 bridgehead atoms. The number of rotatable bonds is 5. The maximum absolute atomic E-state index is 12.2. The smallest absolute Gasteiger partial charge is 0.350 e. The lowest BCUT2D eigenvalue weighted by Crippen LogP contribution is -2.37. The van der Waals surface area contributed by atoms with E-state index in [0.29, 0.717) is 17.6 Å². The molecule has 178 valence electrons. The lowest BCUT2D eigenvalue weighted by molar-refractivity contribution is -0.174. The van der Waals surface area contributed by atoms with Crippen molar-refractivity contribution in [2.75, 3.05) is 5.32 Å². The Morgan fingerprint density at radius 2 is 1.91 bits per heavy atom. The first-order valence-electron chi connectivity index (χ1n) is 11.2. The van der Waals surface area contributed by atoms with Crippen molar-refractivity contribution in [3.8, 4) is 0 Å². The van der Waals surface area contributed by atoms with E-state index in [1.165, 1.54) is 33.1 Å². The fourth-order valence-corrected chi connectivity index (χ4v) is 4.99. The number of imidazole rings is 1. The second-order valence-corrected chi connectivity index (χ2v) is 8.71. The Bertz CT molecular complexity index is 972. The van der Waals surface area contributed by atoms with Crippen molar-refractivity contribution in [3.05, 3.63) is 12.0 Å². The lowest BCUT2D eigenvalue weighted by atomic mass is 9.95. The maximum atomic E-state index is 12.2. The number of nitrogens with one attached hydrogen (secondary N) is 2. The minimum atomic E-state index is -1.23. The number of anilines is 1. The molecule has 3 fully saturated rings. The molecular formula is C21H27N5O7. The van der Waals surface area contributed by atoms with Gasteiger partial charge >= 0.3 is 17.9 Å². The summed E-state index contributed by atoms with van der Waals surface area (Å²) in [6, 6.07) is 0.372. The van der Waals surface area contributed by atoms with Crippen LogP contribution in [0.4, 0.5) is 5.82 Å². The molecule has 1 aromatic rings. The Morgan fingerprint density at radius 1 is 1.15 bits per heavy atom. The van der Waals surface area contributed by atoms with E-state index in [4.69, 9.17) is 18.9 Å². The first-order chi connectivity index (χ1) is 15.9. The Morgan fingerprint density at radius 3 is 2.64 bits per heavy atom. The van der Waals surface area contributed by atoms with Crippen molar-refractivity contribution in [2.24, 2.45) is 4.99 Å². The zero-order valence-electron chi connectivity index (χ0n) is 18.4. The summed E-state index contributed by atoms with van der Waals surface area (Å²) in [5, 5.41) is 6.67. The molecule has 0 spiro atoms. The van der Waals surface area contributed by atoms with E-state index in [1.807, 2.05) is 0 Å². The van der Waals surface area contributed by atoms with Crippen molar-refractivity contribution < 1.29 is 33.3 Å². The molecule has 5 rings (SSSR count). The van der Waals surface area contributed by atoms with Gasteiger partial charge < -0.3 is 24.3 Å². The Kier molecular flexibility index (Phi) is 5.79. The minimum Gasteiger partial charge on any atom is -0.454 e. The summed E-state index contributed by atoms with van der Waals surface area (Å²) < 4.78 is 23.8. The van der Waals surface area contributed by atoms with Gasteiger partial charge in [0.25, 0.3) is 0 Å². The highest BCUT2D eigenvalue weighted by molar-refractivity contribution is 5.82. The van der Waals surface area contributed by atoms with Gasteiger partial charge in [0.05, 0.1) is 12.7 Å². The molecule has 2 N–H and O–H groups in total. The molecule has 3 aliphatic heterocycles. The number of ether oxygens (including phenoxy) is 4. The predicted octanol–water partition coefficient (Wildman–Crippen LogP) is 0.944. The highest BCUT2D eigenvalue weighted by atomic mass is 16.7. The van der Waals surface area contributed by atoms with E-state index >= 15 is 0 Å². The summed E-state index contributed by atoms with van der Waals surface area (Å²) in [4.78, 5) is 44.6. The number of fused-ring (bicyclic) bond motifs is 2. The van der Waals surface area contributed by atoms with Crippen LogP contribution < -0.4 is 10.6 Å². The Hall–Kier alpha value is -2.99. The number of aliphatic imine (C=N–C) groups is 1. The topological polar surface area (TPSA) is 142 Å². The van der Waals surface area contributed by atoms with Gasteiger partial charge in [0.15, 0.2) is 18.4 Å². The second-order valence-electron chi connectivity index (χ2n) is 8.71. The third kappa shape index (κ3) is 4.08. The normalized spacial score (nSPS) is 33.1. The molecule has 12 nitrogen and oxygen atoms in total. The van der Waals surface area contributed by atoms with E-state index in [1.54, 1.807) is 17.2 Å². The molecule has 12 heteroatoms. The van der Waals surface area contributed by atoms with Crippen LogP contribution in [-0.4, -0.2) is 64.3 Å². The Balaban J connectivity index is 1.41. The lowest BCUT2D eigenvalue weighted by Gasteiger charge is -2.29. The van der Waals surface area contributed by atoms with Crippen LogP contribution in [0, 0.1) is 0 Å². The van der Waals surface area contributed by atoms with Gasteiger partial charge in [0, 0.05) is 19.9 Å². The van der Waals surface area contributed by atoms with E-state index in [2.05, 4.69) is 20.6 Å². The standard InChI is InChI=1S/C21H27N5O7/c1-10(27)30-16-14-15(17(21(29)33-14)31-11(2)28)32-20(16)26-9-24-13-18(22-8-23-19(13)26)25-12-6-4-3-5-7-12/h8-9,12,14-18,20,25H,3-7H2,1-2H3,(H,22,23)/t14-,15-,16-,17-,18+,20-/m0/s1. The average Bonchev–Trinajstić information content (AvgIpc) is 3.43. The van der Waals surface area contributed by atoms with Gasteiger partial charge in [-0.1, -0.05) is 19.3 Å². The quantitative estimate of drug-likeness (QED) is 0.480. The maximum Gasteiger partial charge on any atom is 0.350 e. The first-order valence-corrected chi connectivity index (χ1v) is 11.2. The summed E-state index contributed by atoms with van der Waals surface area (Å²) in [5.74, 6) is -1.29. The molecule has 0 radical (unpaired) electrons. The molecule has 1 saturated carbocycles. The molecule has 4 heterocycles. The van der Waals surface area contributed by atoms with Crippen molar-refractivity contribution in [3.63, 3.8) is 0 Å². The molecule has 1 aliphatic carbocycles. The minimum absolute atomic E-state index is 0.315. The summed E-state index contributed by atoms with van der Waals surface area (Å²) >= 11 is 0. The van der Waals surface area contributed by atoms with Gasteiger partial charge in [0.1, 0.15) is 23.8 Å². The fraction of sp³-hybridized carbons (Fsp3) is 0.667. The average molecular weight is 461 g/mol. The van der Waals surface area contributed by atoms with E-state index in [-0.39, 0.29) is 6.17 Å². The zero-order valence-corrected chi connectivity index (χ0v) is 18.4. The molecular weight excluding hydrogens is 434 g/mol. The number of carbonyl (C=O) groups excluding carboxylic acids is 3. The number of hydrogen-bond donors (Lipinski definition) is 2. The number of carbonyl (C=O) groups is 3. The number of hydrogen-bond acceptors (Lipinski definition) is 11. The van der Waals surface area contributed by atoms with Crippen LogP contribution >= 0.6 is 0 Å². The number of nitrogens with zero attached hydrogens (tertiary/aromatic N) is 3. The highest BCUT2D eigenvalue weighted by Crippen LogP contribution is 2.42. The zero-order chi connectivity index (χ0) is 23.1. The summed E-state index contributed by atoms with van der Waals surface area (Å²) in [5.41, 5.74) is 0.693. The van der Waals surface area contributed by atoms with Crippen LogP contribution in [0.2, 0.25) is 0 Å². The molecule has 0 unspecified atom stereocenters. The second kappa shape index (κ2) is 8.75. The Labute approximate surface area is 190 Å². The monoisotopic (exact) mass is 461 g/mol. The van der Waals surface area contributed by atoms with Crippen molar-refractivity contribution in [1.82, 2.24) is 14.9 Å². The largest absolute Gasteiger partial charge is 0.454 e. The van der Waals surface area contributed by atoms with E-state index in [0.717, 1.165) is 12.8 Å². The van der Waals surface area contributed by atoms with E-state index < -0.39 is 48.6 Å². The van der Waals surface area contributed by atoms with Crippen molar-refractivity contribution >= 4 is 30.1 Å². The molecule has 33 heavy (non-hydrogen) atoms. The van der Waals surface area contributed by atoms with Crippen LogP contribution in [0.5, 0.6) is 0 Å². The van der Waals surface area contributed by atoms with Gasteiger partial charge in [-0.2, -0.15) is 0 Å². The van der Waals surface area contributed by atoms with Crippen LogP contribution in [0.25, 0.3) is 0 Å². The SMILES string of the molecule is CC(=O)O[C@H]1[C@H]2OC(=O)[C@@H](OC(C)=O)[C@H]2O[C@@H]1n1cnc2c1NC=N[C@@H]2NC1CCCCC1. The third-order valence-corrected chi connectivity index (χ3v) is 6.38. The van der Waals surface area contributed by atoms with Gasteiger partial charge in [-0.15, -0.1) is 0 Å². The number of esters is 3. The van der Waals surface area contributed by atoms with Gasteiger partial charge in [-0.25, -0.2) is 14.8 Å². The molecule has 1 aromatic heterocycles. The van der Waals surface area contributed by atoms with Crippen LogP contribution in [0.15, 0.2) is 11.3 Å². The van der Waals surface area contributed by atoms with Gasteiger partial charge in [0.2, 0.25) is 6.10 Å². The summed E-state index contributed by atoms with van der Waals surface area (Å²) in [7, 11) is 0. The summed E-state index contributed by atoms with van der Waals surface area (Å²) in [6.07, 6.45) is 3.85. The van der Waals surface area contributed by atoms with Crippen LogP contribution in [0.1, 0.15) is 64.0 Å². The molecule has 6 atom stereocenters. The highest BCUT2D eigenvalue weighted by Gasteiger charge is 2.61. The van der Waals surface area contributed by atoms with Crippen molar-refractivity contribution in [2.45, 2.75) is 88.8 Å². The number of aromatic nitrogens is 2. The molecule has 4 aliphatic rings. The van der Waals surface area contributed by atoms with Gasteiger partial charge in [-0.05, 0) is 12.8 Å². The third-order valence-electron chi connectivity index (χ3n) is 6.38.